The third kappa shape index (κ3) is 2.26. The number of aromatic nitrogens is 1. The molecule has 0 saturated carbocycles. The van der Waals surface area contributed by atoms with Crippen molar-refractivity contribution in [3.05, 3.63) is 65.5 Å². The predicted molar refractivity (Wildman–Crippen MR) is 84.5 cm³/mol. The maximum absolute atomic E-state index is 9.09. The van der Waals surface area contributed by atoms with Gasteiger partial charge in [0, 0.05) is 23.2 Å². The van der Waals surface area contributed by atoms with Crippen LogP contribution < -0.4 is 5.73 Å². The largest absolute Gasteiger partial charge is 0.325 e. The molecule has 0 radical (unpaired) electrons. The van der Waals surface area contributed by atoms with Gasteiger partial charge in [-0.15, -0.1) is 0 Å². The van der Waals surface area contributed by atoms with Gasteiger partial charge in [-0.2, -0.15) is 5.26 Å². The van der Waals surface area contributed by atoms with E-state index in [1.54, 1.807) is 0 Å². The first-order valence-corrected chi connectivity index (χ1v) is 6.83. The summed E-state index contributed by atoms with van der Waals surface area (Å²) in [6, 6.07) is 17.9. The molecule has 1 aromatic heterocycles. The Balaban J connectivity index is 2.37. The molecular formula is C18H15N3. The van der Waals surface area contributed by atoms with E-state index >= 15 is 0 Å². The fraction of sp³-hybridized carbons (Fsp3) is 0.111. The molecule has 0 aliphatic heterocycles. The fourth-order valence-corrected chi connectivity index (χ4v) is 2.73. The number of aryl methyl sites for hydroxylation is 1. The van der Waals surface area contributed by atoms with Gasteiger partial charge in [-0.1, -0.05) is 36.4 Å². The zero-order valence-electron chi connectivity index (χ0n) is 11.8. The standard InChI is InChI=1S/C18H15N3/c1-12-18(14-6-4-5-13(9-14)10-19)16-8-3-2-7-15(16)17(11-20)21-12/h2-9H,11,20H2,1H3. The van der Waals surface area contributed by atoms with E-state index < -0.39 is 0 Å². The minimum Gasteiger partial charge on any atom is -0.325 e. The second-order valence-corrected chi connectivity index (χ2v) is 4.96. The molecule has 3 nitrogen and oxygen atoms in total. The molecule has 0 unspecified atom stereocenters. The molecule has 0 spiro atoms. The first kappa shape index (κ1) is 13.3. The van der Waals surface area contributed by atoms with Crippen molar-refractivity contribution >= 4 is 10.8 Å². The summed E-state index contributed by atoms with van der Waals surface area (Å²) in [7, 11) is 0. The summed E-state index contributed by atoms with van der Waals surface area (Å²) >= 11 is 0. The Hall–Kier alpha value is -2.70. The predicted octanol–water partition coefficient (Wildman–Crippen LogP) is 3.54. The van der Waals surface area contributed by atoms with Crippen LogP contribution in [-0.2, 0) is 6.54 Å². The first-order chi connectivity index (χ1) is 10.2. The monoisotopic (exact) mass is 273 g/mol. The van der Waals surface area contributed by atoms with E-state index in [0.29, 0.717) is 12.1 Å². The molecule has 0 saturated heterocycles. The summed E-state index contributed by atoms with van der Waals surface area (Å²) in [4.78, 5) is 4.64. The van der Waals surface area contributed by atoms with Crippen LogP contribution >= 0.6 is 0 Å². The Kier molecular flexibility index (Phi) is 3.39. The fourth-order valence-electron chi connectivity index (χ4n) is 2.73. The number of benzene rings is 2. The Bertz CT molecular complexity index is 860. The maximum atomic E-state index is 9.09. The number of nitriles is 1. The van der Waals surface area contributed by atoms with Crippen LogP contribution in [0, 0.1) is 18.3 Å². The molecule has 0 atom stereocenters. The second kappa shape index (κ2) is 5.35. The van der Waals surface area contributed by atoms with E-state index in [4.69, 9.17) is 11.0 Å². The highest BCUT2D eigenvalue weighted by molar-refractivity contribution is 5.98. The van der Waals surface area contributed by atoms with Crippen LogP contribution in [-0.4, -0.2) is 4.98 Å². The Morgan fingerprint density at radius 2 is 1.86 bits per heavy atom. The summed E-state index contributed by atoms with van der Waals surface area (Å²) in [5, 5.41) is 11.3. The van der Waals surface area contributed by atoms with Crippen molar-refractivity contribution in [2.45, 2.75) is 13.5 Å². The van der Waals surface area contributed by atoms with Gasteiger partial charge in [0.05, 0.1) is 17.3 Å². The number of nitrogens with zero attached hydrogens (tertiary/aromatic N) is 2. The number of nitrogens with two attached hydrogens (primary N) is 1. The van der Waals surface area contributed by atoms with Crippen LogP contribution in [0.4, 0.5) is 0 Å². The molecule has 3 rings (SSSR count). The number of hydrogen-bond acceptors (Lipinski definition) is 3. The van der Waals surface area contributed by atoms with Gasteiger partial charge in [0.1, 0.15) is 0 Å². The molecule has 3 aromatic rings. The van der Waals surface area contributed by atoms with E-state index in [2.05, 4.69) is 17.1 Å². The minimum absolute atomic E-state index is 0.417. The molecule has 21 heavy (non-hydrogen) atoms. The highest BCUT2D eigenvalue weighted by atomic mass is 14.7. The van der Waals surface area contributed by atoms with Gasteiger partial charge in [-0.05, 0) is 30.0 Å². The Morgan fingerprint density at radius 1 is 1.10 bits per heavy atom. The zero-order valence-corrected chi connectivity index (χ0v) is 11.8. The lowest BCUT2D eigenvalue weighted by molar-refractivity contribution is 0.989. The quantitative estimate of drug-likeness (QED) is 0.776. The highest BCUT2D eigenvalue weighted by Gasteiger charge is 2.12. The molecule has 1 heterocycles. The van der Waals surface area contributed by atoms with Gasteiger partial charge >= 0.3 is 0 Å². The van der Waals surface area contributed by atoms with Gasteiger partial charge in [-0.3, -0.25) is 4.98 Å². The summed E-state index contributed by atoms with van der Waals surface area (Å²) in [6.07, 6.45) is 0. The van der Waals surface area contributed by atoms with E-state index in [0.717, 1.165) is 33.3 Å². The van der Waals surface area contributed by atoms with Crippen molar-refractivity contribution in [3.63, 3.8) is 0 Å². The summed E-state index contributed by atoms with van der Waals surface area (Å²) in [5.74, 6) is 0. The zero-order chi connectivity index (χ0) is 14.8. The lowest BCUT2D eigenvalue weighted by Crippen LogP contribution is -2.03. The summed E-state index contributed by atoms with van der Waals surface area (Å²) < 4.78 is 0. The third-order valence-corrected chi connectivity index (χ3v) is 3.65. The van der Waals surface area contributed by atoms with Crippen LogP contribution in [0.2, 0.25) is 0 Å². The average molecular weight is 273 g/mol. The first-order valence-electron chi connectivity index (χ1n) is 6.83. The molecule has 0 aliphatic rings. The molecule has 0 amide bonds. The van der Waals surface area contributed by atoms with Gasteiger partial charge in [0.25, 0.3) is 0 Å². The second-order valence-electron chi connectivity index (χ2n) is 4.96. The van der Waals surface area contributed by atoms with E-state index in [1.165, 1.54) is 0 Å². The van der Waals surface area contributed by atoms with Gasteiger partial charge < -0.3 is 5.73 Å². The number of fused-ring (bicyclic) bond motifs is 1. The van der Waals surface area contributed by atoms with Crippen molar-refractivity contribution < 1.29 is 0 Å². The van der Waals surface area contributed by atoms with Crippen molar-refractivity contribution in [1.29, 1.82) is 5.26 Å². The van der Waals surface area contributed by atoms with E-state index in [9.17, 15) is 0 Å². The van der Waals surface area contributed by atoms with E-state index in [-0.39, 0.29) is 0 Å². The smallest absolute Gasteiger partial charge is 0.0991 e. The van der Waals surface area contributed by atoms with Crippen molar-refractivity contribution in [3.8, 4) is 17.2 Å². The summed E-state index contributed by atoms with van der Waals surface area (Å²) in [5.41, 5.74) is 10.4. The van der Waals surface area contributed by atoms with Crippen molar-refractivity contribution in [1.82, 2.24) is 4.98 Å². The van der Waals surface area contributed by atoms with Gasteiger partial charge in [0.15, 0.2) is 0 Å². The maximum Gasteiger partial charge on any atom is 0.0991 e. The van der Waals surface area contributed by atoms with Crippen LogP contribution in [0.25, 0.3) is 21.9 Å². The minimum atomic E-state index is 0.417. The number of pyridine rings is 1. The average Bonchev–Trinajstić information content (AvgIpc) is 2.54. The lowest BCUT2D eigenvalue weighted by atomic mass is 9.95. The Morgan fingerprint density at radius 3 is 2.57 bits per heavy atom. The molecule has 2 aromatic carbocycles. The van der Waals surface area contributed by atoms with Crippen LogP contribution in [0.5, 0.6) is 0 Å². The SMILES string of the molecule is Cc1nc(CN)c2ccccc2c1-c1cccc(C#N)c1. The Labute approximate surface area is 123 Å². The third-order valence-electron chi connectivity index (χ3n) is 3.65. The topological polar surface area (TPSA) is 62.7 Å². The van der Waals surface area contributed by atoms with Crippen LogP contribution in [0.3, 0.4) is 0 Å². The van der Waals surface area contributed by atoms with E-state index in [1.807, 2.05) is 49.4 Å². The van der Waals surface area contributed by atoms with Gasteiger partial charge in [0.2, 0.25) is 0 Å². The number of hydrogen-bond donors (Lipinski definition) is 1. The molecular weight excluding hydrogens is 258 g/mol. The molecule has 2 N–H and O–H groups in total. The van der Waals surface area contributed by atoms with Crippen molar-refractivity contribution in [2.24, 2.45) is 5.73 Å². The highest BCUT2D eigenvalue weighted by Crippen LogP contribution is 2.32. The van der Waals surface area contributed by atoms with Crippen molar-refractivity contribution in [2.75, 3.05) is 0 Å². The molecule has 0 bridgehead atoms. The molecule has 0 aliphatic carbocycles. The van der Waals surface area contributed by atoms with Crippen LogP contribution in [0.1, 0.15) is 17.0 Å². The normalized spacial score (nSPS) is 10.5. The lowest BCUT2D eigenvalue weighted by Gasteiger charge is -2.13. The number of rotatable bonds is 2. The summed E-state index contributed by atoms with van der Waals surface area (Å²) in [6.45, 7) is 2.40. The molecule has 102 valence electrons. The van der Waals surface area contributed by atoms with Crippen LogP contribution in [0.15, 0.2) is 48.5 Å². The molecule has 0 fully saturated rings. The molecule has 3 heteroatoms. The van der Waals surface area contributed by atoms with Gasteiger partial charge in [-0.25, -0.2) is 0 Å².